The Labute approximate surface area is 119 Å². The van der Waals surface area contributed by atoms with E-state index < -0.39 is 0 Å². The molecule has 1 aromatic carbocycles. The lowest BCUT2D eigenvalue weighted by atomic mass is 9.86. The van der Waals surface area contributed by atoms with Gasteiger partial charge in [0, 0.05) is 29.6 Å². The van der Waals surface area contributed by atoms with E-state index in [2.05, 4.69) is 71.0 Å². The molecule has 0 spiro atoms. The number of rotatable bonds is 1. The minimum atomic E-state index is 0.378. The number of allylic oxidation sites excluding steroid dienone is 1. The lowest BCUT2D eigenvalue weighted by Gasteiger charge is -2.33. The molecular weight excluding hydrogens is 246 g/mol. The van der Waals surface area contributed by atoms with Crippen molar-refractivity contribution in [2.45, 2.75) is 25.4 Å². The summed E-state index contributed by atoms with van der Waals surface area (Å²) < 4.78 is 0. The summed E-state index contributed by atoms with van der Waals surface area (Å²) in [5.41, 5.74) is 4.18. The van der Waals surface area contributed by atoms with E-state index >= 15 is 0 Å². The lowest BCUT2D eigenvalue weighted by molar-refractivity contribution is 0.481. The molecular formula is C17H19N3. The predicted molar refractivity (Wildman–Crippen MR) is 82.9 cm³/mol. The molecule has 0 radical (unpaired) electrons. The predicted octanol–water partition coefficient (Wildman–Crippen LogP) is 2.73. The average molecular weight is 265 g/mol. The zero-order valence-electron chi connectivity index (χ0n) is 11.7. The van der Waals surface area contributed by atoms with Crippen LogP contribution >= 0.6 is 0 Å². The molecule has 1 aromatic rings. The molecule has 0 amide bonds. The summed E-state index contributed by atoms with van der Waals surface area (Å²) >= 11 is 0. The van der Waals surface area contributed by atoms with E-state index in [1.807, 2.05) is 0 Å². The van der Waals surface area contributed by atoms with Crippen LogP contribution in [-0.4, -0.2) is 24.8 Å². The first kappa shape index (κ1) is 11.8. The van der Waals surface area contributed by atoms with Crippen LogP contribution in [0.5, 0.6) is 0 Å². The SMILES string of the molecule is CC1CC2C3=C(CNC=C3)N(c3ccccc3)C2C=N1. The maximum atomic E-state index is 4.67. The monoisotopic (exact) mass is 265 g/mol. The summed E-state index contributed by atoms with van der Waals surface area (Å²) in [7, 11) is 0. The number of nitrogens with zero attached hydrogens (tertiary/aromatic N) is 2. The first-order chi connectivity index (χ1) is 9.84. The summed E-state index contributed by atoms with van der Waals surface area (Å²) in [5.74, 6) is 0.580. The fourth-order valence-electron chi connectivity index (χ4n) is 3.63. The molecule has 3 nitrogen and oxygen atoms in total. The van der Waals surface area contributed by atoms with Gasteiger partial charge >= 0.3 is 0 Å². The third-order valence-electron chi connectivity index (χ3n) is 4.51. The summed E-state index contributed by atoms with van der Waals surface area (Å²) in [6.45, 7) is 3.12. The minimum Gasteiger partial charge on any atom is -0.385 e. The van der Waals surface area contributed by atoms with E-state index in [1.165, 1.54) is 17.0 Å². The third-order valence-corrected chi connectivity index (χ3v) is 4.51. The highest BCUT2D eigenvalue weighted by Crippen LogP contribution is 2.42. The molecule has 0 aromatic heterocycles. The van der Waals surface area contributed by atoms with Gasteiger partial charge in [-0.3, -0.25) is 4.99 Å². The smallest absolute Gasteiger partial charge is 0.0756 e. The van der Waals surface area contributed by atoms with Crippen molar-refractivity contribution in [2.75, 3.05) is 11.4 Å². The van der Waals surface area contributed by atoms with E-state index in [9.17, 15) is 0 Å². The van der Waals surface area contributed by atoms with Gasteiger partial charge in [0.2, 0.25) is 0 Å². The topological polar surface area (TPSA) is 27.6 Å². The molecule has 0 saturated heterocycles. The normalized spacial score (nSPS) is 31.1. The summed E-state index contributed by atoms with van der Waals surface area (Å²) in [5, 5.41) is 3.35. The van der Waals surface area contributed by atoms with Gasteiger partial charge in [0.1, 0.15) is 0 Å². The van der Waals surface area contributed by atoms with Crippen molar-refractivity contribution < 1.29 is 0 Å². The molecule has 3 heterocycles. The van der Waals surface area contributed by atoms with Crippen LogP contribution in [0.3, 0.4) is 0 Å². The maximum absolute atomic E-state index is 4.67. The van der Waals surface area contributed by atoms with Crippen LogP contribution in [-0.2, 0) is 0 Å². The van der Waals surface area contributed by atoms with Crippen molar-refractivity contribution in [1.29, 1.82) is 0 Å². The molecule has 0 aliphatic carbocycles. The van der Waals surface area contributed by atoms with Gasteiger partial charge < -0.3 is 10.2 Å². The lowest BCUT2D eigenvalue weighted by Crippen LogP contribution is -2.40. The Hall–Kier alpha value is -2.03. The van der Waals surface area contributed by atoms with Gasteiger partial charge in [-0.15, -0.1) is 0 Å². The van der Waals surface area contributed by atoms with Gasteiger partial charge in [-0.2, -0.15) is 0 Å². The first-order valence-corrected chi connectivity index (χ1v) is 7.35. The van der Waals surface area contributed by atoms with E-state index in [4.69, 9.17) is 0 Å². The van der Waals surface area contributed by atoms with Gasteiger partial charge in [0.05, 0.1) is 12.6 Å². The number of benzene rings is 1. The molecule has 3 aliphatic rings. The summed E-state index contributed by atoms with van der Waals surface area (Å²) in [6, 6.07) is 11.5. The molecule has 20 heavy (non-hydrogen) atoms. The van der Waals surface area contributed by atoms with Crippen molar-refractivity contribution >= 4 is 11.9 Å². The number of nitrogens with one attached hydrogen (secondary N) is 1. The number of anilines is 1. The Balaban J connectivity index is 1.82. The highest BCUT2D eigenvalue weighted by atomic mass is 15.2. The Morgan fingerprint density at radius 2 is 2.10 bits per heavy atom. The molecule has 1 N–H and O–H groups in total. The summed E-state index contributed by atoms with van der Waals surface area (Å²) in [6.07, 6.45) is 7.65. The highest BCUT2D eigenvalue weighted by Gasteiger charge is 2.42. The van der Waals surface area contributed by atoms with Gasteiger partial charge in [-0.1, -0.05) is 18.2 Å². The molecule has 3 heteroatoms. The Bertz CT molecular complexity index is 600. The largest absolute Gasteiger partial charge is 0.385 e. The number of fused-ring (bicyclic) bond motifs is 2. The molecule has 3 atom stereocenters. The number of dihydropyridines is 1. The van der Waals surface area contributed by atoms with Crippen LogP contribution in [0.25, 0.3) is 0 Å². The quantitative estimate of drug-likeness (QED) is 0.845. The van der Waals surface area contributed by atoms with E-state index in [-0.39, 0.29) is 0 Å². The zero-order chi connectivity index (χ0) is 13.5. The maximum Gasteiger partial charge on any atom is 0.0756 e. The van der Waals surface area contributed by atoms with Gasteiger partial charge in [-0.05, 0) is 43.3 Å². The molecule has 4 rings (SSSR count). The molecule has 3 unspecified atom stereocenters. The summed E-state index contributed by atoms with van der Waals surface area (Å²) in [4.78, 5) is 7.13. The number of para-hydroxylation sites is 1. The van der Waals surface area contributed by atoms with Crippen LogP contribution in [0.1, 0.15) is 13.3 Å². The van der Waals surface area contributed by atoms with Gasteiger partial charge in [-0.25, -0.2) is 0 Å². The number of hydrogen-bond acceptors (Lipinski definition) is 3. The van der Waals surface area contributed by atoms with Gasteiger partial charge in [0.25, 0.3) is 0 Å². The first-order valence-electron chi connectivity index (χ1n) is 7.35. The van der Waals surface area contributed by atoms with Crippen LogP contribution in [0, 0.1) is 5.92 Å². The number of aliphatic imine (C=N–C) groups is 1. The molecule has 102 valence electrons. The van der Waals surface area contributed by atoms with Crippen LogP contribution in [0.2, 0.25) is 0 Å². The third kappa shape index (κ3) is 1.69. The van der Waals surface area contributed by atoms with Gasteiger partial charge in [0.15, 0.2) is 0 Å². The van der Waals surface area contributed by atoms with Crippen LogP contribution in [0.4, 0.5) is 5.69 Å². The highest BCUT2D eigenvalue weighted by molar-refractivity contribution is 5.79. The second-order valence-electron chi connectivity index (χ2n) is 5.80. The molecule has 0 bridgehead atoms. The van der Waals surface area contributed by atoms with Crippen molar-refractivity contribution in [3.05, 3.63) is 53.9 Å². The number of hydrogen-bond donors (Lipinski definition) is 1. The Morgan fingerprint density at radius 3 is 2.95 bits per heavy atom. The standard InChI is InChI=1S/C17H19N3/c1-12-9-15-14-7-8-18-10-16(14)20(17(15)11-19-12)13-5-3-2-4-6-13/h2-8,11-12,15,17-18H,9-10H2,1H3. The Morgan fingerprint density at radius 1 is 1.25 bits per heavy atom. The molecule has 3 aliphatic heterocycles. The van der Waals surface area contributed by atoms with Crippen molar-refractivity contribution in [2.24, 2.45) is 10.9 Å². The van der Waals surface area contributed by atoms with E-state index in [1.54, 1.807) is 0 Å². The zero-order valence-corrected chi connectivity index (χ0v) is 11.7. The second kappa shape index (κ2) is 4.51. The van der Waals surface area contributed by atoms with Crippen LogP contribution < -0.4 is 10.2 Å². The van der Waals surface area contributed by atoms with Crippen molar-refractivity contribution in [3.8, 4) is 0 Å². The Kier molecular flexibility index (Phi) is 2.66. The molecule has 0 saturated carbocycles. The minimum absolute atomic E-state index is 0.378. The van der Waals surface area contributed by atoms with E-state index in [0.29, 0.717) is 18.0 Å². The van der Waals surface area contributed by atoms with Crippen LogP contribution in [0.15, 0.2) is 58.9 Å². The average Bonchev–Trinajstić information content (AvgIpc) is 2.82. The van der Waals surface area contributed by atoms with Crippen molar-refractivity contribution in [1.82, 2.24) is 5.32 Å². The fourth-order valence-corrected chi connectivity index (χ4v) is 3.63. The molecule has 0 fully saturated rings. The second-order valence-corrected chi connectivity index (χ2v) is 5.80. The van der Waals surface area contributed by atoms with E-state index in [0.717, 1.165) is 13.0 Å². The van der Waals surface area contributed by atoms with Crippen molar-refractivity contribution in [3.63, 3.8) is 0 Å². The fraction of sp³-hybridized carbons (Fsp3) is 0.353.